The van der Waals surface area contributed by atoms with Crippen molar-refractivity contribution >= 4 is 0 Å². The lowest BCUT2D eigenvalue weighted by atomic mass is 9.95. The van der Waals surface area contributed by atoms with Crippen LogP contribution in [0.25, 0.3) is 11.4 Å². The molecule has 1 N–H and O–H groups in total. The molecule has 3 rings (SSSR count). The molecule has 1 aliphatic rings. The molecule has 0 spiro atoms. The Hall–Kier alpha value is -2.12. The van der Waals surface area contributed by atoms with Crippen LogP contribution < -0.4 is 5.32 Å². The van der Waals surface area contributed by atoms with Crippen LogP contribution in [0, 0.1) is 17.2 Å². The van der Waals surface area contributed by atoms with Crippen LogP contribution in [0.15, 0.2) is 42.7 Å². The summed E-state index contributed by atoms with van der Waals surface area (Å²) in [6.07, 6.45) is 6.01. The molecule has 4 heteroatoms. The van der Waals surface area contributed by atoms with E-state index in [0.717, 1.165) is 24.2 Å². The van der Waals surface area contributed by atoms with Crippen molar-refractivity contribution in [2.75, 3.05) is 7.05 Å². The Labute approximate surface area is 119 Å². The van der Waals surface area contributed by atoms with Crippen molar-refractivity contribution in [1.82, 2.24) is 14.9 Å². The van der Waals surface area contributed by atoms with Crippen LogP contribution in [0.4, 0.5) is 0 Å². The van der Waals surface area contributed by atoms with Crippen molar-refractivity contribution in [3.8, 4) is 17.5 Å². The Balaban J connectivity index is 1.93. The number of likely N-dealkylation sites (N-methyl/N-ethyl adjacent to an activating group) is 1. The zero-order valence-electron chi connectivity index (χ0n) is 11.6. The molecule has 1 atom stereocenters. The molecule has 0 saturated heterocycles. The molecule has 0 amide bonds. The van der Waals surface area contributed by atoms with Crippen molar-refractivity contribution in [1.29, 1.82) is 5.26 Å². The zero-order chi connectivity index (χ0) is 14.0. The van der Waals surface area contributed by atoms with Gasteiger partial charge in [-0.05, 0) is 25.8 Å². The van der Waals surface area contributed by atoms with E-state index < -0.39 is 5.54 Å². The highest BCUT2D eigenvalue weighted by Crippen LogP contribution is 2.40. The fraction of sp³-hybridized carbons (Fsp3) is 0.375. The van der Waals surface area contributed by atoms with Crippen molar-refractivity contribution in [3.05, 3.63) is 42.7 Å². The molecule has 0 aliphatic heterocycles. The van der Waals surface area contributed by atoms with Crippen LogP contribution in [0.3, 0.4) is 0 Å². The first-order valence-electron chi connectivity index (χ1n) is 6.96. The molecule has 1 unspecified atom stereocenters. The second-order valence-electron chi connectivity index (χ2n) is 5.35. The van der Waals surface area contributed by atoms with Crippen LogP contribution in [0.5, 0.6) is 0 Å². The Morgan fingerprint density at radius 2 is 2.15 bits per heavy atom. The first-order chi connectivity index (χ1) is 9.79. The molecule has 1 fully saturated rings. The van der Waals surface area contributed by atoms with Crippen molar-refractivity contribution in [3.63, 3.8) is 0 Å². The van der Waals surface area contributed by atoms with Crippen LogP contribution in [0.2, 0.25) is 0 Å². The number of hydrogen-bond donors (Lipinski definition) is 1. The standard InChI is InChI=1S/C16H18N4/c1-18-16(11-17,14-7-8-14)12-20-10-9-19-15(20)13-5-3-2-4-6-13/h2-6,9-10,14,18H,7-8,12H2,1H3. The number of nitrogens with zero attached hydrogens (tertiary/aromatic N) is 3. The van der Waals surface area contributed by atoms with E-state index in [1.54, 1.807) is 6.20 Å². The van der Waals surface area contributed by atoms with Gasteiger partial charge in [0.05, 0.1) is 12.6 Å². The number of nitriles is 1. The van der Waals surface area contributed by atoms with Crippen LogP contribution in [-0.2, 0) is 6.54 Å². The minimum absolute atomic E-state index is 0.448. The smallest absolute Gasteiger partial charge is 0.139 e. The van der Waals surface area contributed by atoms with Gasteiger partial charge in [0, 0.05) is 18.0 Å². The van der Waals surface area contributed by atoms with E-state index in [0.29, 0.717) is 12.5 Å². The summed E-state index contributed by atoms with van der Waals surface area (Å²) in [4.78, 5) is 4.44. The number of hydrogen-bond acceptors (Lipinski definition) is 3. The van der Waals surface area contributed by atoms with E-state index in [-0.39, 0.29) is 0 Å². The van der Waals surface area contributed by atoms with Gasteiger partial charge >= 0.3 is 0 Å². The van der Waals surface area contributed by atoms with Gasteiger partial charge in [0.2, 0.25) is 0 Å². The van der Waals surface area contributed by atoms with Gasteiger partial charge in [0.15, 0.2) is 0 Å². The summed E-state index contributed by atoms with van der Waals surface area (Å²) in [5.74, 6) is 1.37. The molecule has 0 radical (unpaired) electrons. The molecule has 2 aromatic rings. The molecule has 1 aromatic carbocycles. The average molecular weight is 266 g/mol. The molecule has 1 aliphatic carbocycles. The largest absolute Gasteiger partial charge is 0.328 e. The van der Waals surface area contributed by atoms with Gasteiger partial charge < -0.3 is 9.88 Å². The maximum Gasteiger partial charge on any atom is 0.139 e. The van der Waals surface area contributed by atoms with Gasteiger partial charge in [-0.15, -0.1) is 0 Å². The van der Waals surface area contributed by atoms with Crippen molar-refractivity contribution < 1.29 is 0 Å². The second-order valence-corrected chi connectivity index (χ2v) is 5.35. The van der Waals surface area contributed by atoms with E-state index in [1.807, 2.05) is 43.6 Å². The van der Waals surface area contributed by atoms with Crippen LogP contribution in [0.1, 0.15) is 12.8 Å². The summed E-state index contributed by atoms with van der Waals surface area (Å²) >= 11 is 0. The summed E-state index contributed by atoms with van der Waals surface area (Å²) in [6, 6.07) is 12.6. The SMILES string of the molecule is CNC(C#N)(Cn1ccnc1-c1ccccc1)C1CC1. The molecule has 1 saturated carbocycles. The van der Waals surface area contributed by atoms with E-state index in [9.17, 15) is 5.26 Å². The molecule has 102 valence electrons. The number of imidazole rings is 1. The highest BCUT2D eigenvalue weighted by atomic mass is 15.1. The zero-order valence-corrected chi connectivity index (χ0v) is 11.6. The van der Waals surface area contributed by atoms with E-state index in [1.165, 1.54) is 0 Å². The lowest BCUT2D eigenvalue weighted by Gasteiger charge is -2.27. The Kier molecular flexibility index (Phi) is 3.29. The predicted octanol–water partition coefficient (Wildman–Crippen LogP) is 2.44. The lowest BCUT2D eigenvalue weighted by molar-refractivity contribution is 0.342. The summed E-state index contributed by atoms with van der Waals surface area (Å²) in [6.45, 7) is 0.634. The molecule has 4 nitrogen and oxygen atoms in total. The summed E-state index contributed by atoms with van der Waals surface area (Å²) in [7, 11) is 1.88. The van der Waals surface area contributed by atoms with Gasteiger partial charge in [0.25, 0.3) is 0 Å². The van der Waals surface area contributed by atoms with Gasteiger partial charge in [-0.1, -0.05) is 30.3 Å². The fourth-order valence-electron chi connectivity index (χ4n) is 2.72. The van der Waals surface area contributed by atoms with Gasteiger partial charge in [-0.3, -0.25) is 0 Å². The Morgan fingerprint density at radius 3 is 2.75 bits per heavy atom. The third-order valence-corrected chi connectivity index (χ3v) is 4.09. The lowest BCUT2D eigenvalue weighted by Crippen LogP contribution is -2.47. The summed E-state index contributed by atoms with van der Waals surface area (Å²) < 4.78 is 2.08. The summed E-state index contributed by atoms with van der Waals surface area (Å²) in [5, 5.41) is 12.8. The highest BCUT2D eigenvalue weighted by Gasteiger charge is 2.45. The Morgan fingerprint density at radius 1 is 1.40 bits per heavy atom. The number of nitrogens with one attached hydrogen (secondary N) is 1. The summed E-state index contributed by atoms with van der Waals surface area (Å²) in [5.41, 5.74) is 0.598. The molecular formula is C16H18N4. The molecule has 0 bridgehead atoms. The highest BCUT2D eigenvalue weighted by molar-refractivity contribution is 5.55. The number of aromatic nitrogens is 2. The monoisotopic (exact) mass is 266 g/mol. The van der Waals surface area contributed by atoms with Gasteiger partial charge in [-0.2, -0.15) is 5.26 Å². The van der Waals surface area contributed by atoms with E-state index in [4.69, 9.17) is 0 Å². The van der Waals surface area contributed by atoms with Crippen LogP contribution >= 0.6 is 0 Å². The van der Waals surface area contributed by atoms with Gasteiger partial charge in [-0.25, -0.2) is 4.98 Å². The number of benzene rings is 1. The first-order valence-corrected chi connectivity index (χ1v) is 6.96. The molecular weight excluding hydrogens is 248 g/mol. The maximum atomic E-state index is 9.60. The molecule has 1 heterocycles. The van der Waals surface area contributed by atoms with Crippen molar-refractivity contribution in [2.24, 2.45) is 5.92 Å². The normalized spacial score (nSPS) is 17.4. The predicted molar refractivity (Wildman–Crippen MR) is 77.8 cm³/mol. The minimum Gasteiger partial charge on any atom is -0.328 e. The topological polar surface area (TPSA) is 53.6 Å². The second kappa shape index (κ2) is 5.10. The molecule has 1 aromatic heterocycles. The van der Waals surface area contributed by atoms with Gasteiger partial charge in [0.1, 0.15) is 11.4 Å². The third-order valence-electron chi connectivity index (χ3n) is 4.09. The van der Waals surface area contributed by atoms with Crippen molar-refractivity contribution in [2.45, 2.75) is 24.9 Å². The quantitative estimate of drug-likeness (QED) is 0.904. The minimum atomic E-state index is -0.482. The maximum absolute atomic E-state index is 9.60. The first kappa shape index (κ1) is 12.9. The van der Waals surface area contributed by atoms with E-state index in [2.05, 4.69) is 20.9 Å². The third kappa shape index (κ3) is 2.21. The number of rotatable bonds is 5. The Bertz CT molecular complexity index is 621. The average Bonchev–Trinajstić information content (AvgIpc) is 3.26. The van der Waals surface area contributed by atoms with Crippen LogP contribution in [-0.4, -0.2) is 22.1 Å². The molecule has 20 heavy (non-hydrogen) atoms. The fourth-order valence-corrected chi connectivity index (χ4v) is 2.72. The van der Waals surface area contributed by atoms with E-state index >= 15 is 0 Å².